The average molecular weight is 252 g/mol. The summed E-state index contributed by atoms with van der Waals surface area (Å²) in [7, 11) is 3.58. The molecule has 0 radical (unpaired) electrons. The fourth-order valence-electron chi connectivity index (χ4n) is 2.00. The Labute approximate surface area is 110 Å². The number of nitrogens with one attached hydrogen (secondary N) is 1. The van der Waals surface area contributed by atoms with Crippen molar-refractivity contribution in [2.24, 2.45) is 0 Å². The molecule has 0 spiro atoms. The lowest BCUT2D eigenvalue weighted by molar-refractivity contribution is 0.280. The monoisotopic (exact) mass is 252 g/mol. The highest BCUT2D eigenvalue weighted by Gasteiger charge is 2.17. The smallest absolute Gasteiger partial charge is 0.236 e. The van der Waals surface area contributed by atoms with Crippen molar-refractivity contribution in [1.82, 2.24) is 20.2 Å². The standard InChI is InChI=1S/C13H24N4O/c1-5-17(6-2)10-7-11(14-3)12-13(18-4)16-9-8-15-12/h8-9,11,14H,5-7,10H2,1-4H3. The lowest BCUT2D eigenvalue weighted by Crippen LogP contribution is -2.28. The Morgan fingerprint density at radius 1 is 1.28 bits per heavy atom. The molecule has 0 aliphatic heterocycles. The van der Waals surface area contributed by atoms with Gasteiger partial charge in [-0.15, -0.1) is 0 Å². The van der Waals surface area contributed by atoms with Crippen molar-refractivity contribution >= 4 is 0 Å². The van der Waals surface area contributed by atoms with Crippen LogP contribution in [0.5, 0.6) is 5.88 Å². The molecule has 5 heteroatoms. The van der Waals surface area contributed by atoms with E-state index in [0.29, 0.717) is 5.88 Å². The highest BCUT2D eigenvalue weighted by atomic mass is 16.5. The highest BCUT2D eigenvalue weighted by Crippen LogP contribution is 2.22. The van der Waals surface area contributed by atoms with E-state index in [1.807, 2.05) is 7.05 Å². The van der Waals surface area contributed by atoms with Crippen molar-refractivity contribution < 1.29 is 4.74 Å². The normalized spacial score (nSPS) is 12.7. The molecule has 1 heterocycles. The van der Waals surface area contributed by atoms with Gasteiger partial charge in [-0.2, -0.15) is 0 Å². The zero-order chi connectivity index (χ0) is 13.4. The molecule has 18 heavy (non-hydrogen) atoms. The molecule has 0 aromatic carbocycles. The molecule has 1 aromatic rings. The number of aromatic nitrogens is 2. The molecule has 1 aromatic heterocycles. The molecule has 0 saturated carbocycles. The summed E-state index contributed by atoms with van der Waals surface area (Å²) in [6.07, 6.45) is 4.35. The third kappa shape index (κ3) is 3.92. The molecular formula is C13H24N4O. The largest absolute Gasteiger partial charge is 0.480 e. The van der Waals surface area contributed by atoms with E-state index in [2.05, 4.69) is 34.0 Å². The van der Waals surface area contributed by atoms with Crippen LogP contribution in [0.4, 0.5) is 0 Å². The van der Waals surface area contributed by atoms with Crippen molar-refractivity contribution in [1.29, 1.82) is 0 Å². The summed E-state index contributed by atoms with van der Waals surface area (Å²) in [4.78, 5) is 11.0. The van der Waals surface area contributed by atoms with Crippen LogP contribution >= 0.6 is 0 Å². The number of methoxy groups -OCH3 is 1. The fourth-order valence-corrected chi connectivity index (χ4v) is 2.00. The Balaban J connectivity index is 2.70. The van der Waals surface area contributed by atoms with Gasteiger partial charge in [-0.1, -0.05) is 13.8 Å². The van der Waals surface area contributed by atoms with E-state index in [-0.39, 0.29) is 6.04 Å². The summed E-state index contributed by atoms with van der Waals surface area (Å²) in [5, 5.41) is 3.29. The van der Waals surface area contributed by atoms with Crippen LogP contribution in [0.25, 0.3) is 0 Å². The minimum absolute atomic E-state index is 0.175. The van der Waals surface area contributed by atoms with Crippen LogP contribution in [0.3, 0.4) is 0 Å². The van der Waals surface area contributed by atoms with Gasteiger partial charge in [0.25, 0.3) is 0 Å². The number of rotatable bonds is 8. The van der Waals surface area contributed by atoms with Crippen LogP contribution in [0.1, 0.15) is 32.0 Å². The molecule has 0 fully saturated rings. The zero-order valence-corrected chi connectivity index (χ0v) is 11.8. The topological polar surface area (TPSA) is 50.3 Å². The second kappa shape index (κ2) is 8.00. The Hall–Kier alpha value is -1.20. The van der Waals surface area contributed by atoms with E-state index < -0.39 is 0 Å². The molecule has 0 amide bonds. The van der Waals surface area contributed by atoms with Crippen LogP contribution < -0.4 is 10.1 Å². The van der Waals surface area contributed by atoms with Gasteiger partial charge >= 0.3 is 0 Å². The minimum Gasteiger partial charge on any atom is -0.480 e. The third-order valence-corrected chi connectivity index (χ3v) is 3.19. The van der Waals surface area contributed by atoms with Gasteiger partial charge in [-0.3, -0.25) is 4.98 Å². The van der Waals surface area contributed by atoms with Gasteiger partial charge in [0.15, 0.2) is 0 Å². The van der Waals surface area contributed by atoms with Crippen LogP contribution in [-0.2, 0) is 0 Å². The molecule has 0 aliphatic rings. The molecule has 1 atom stereocenters. The van der Waals surface area contributed by atoms with Gasteiger partial charge in [0, 0.05) is 12.4 Å². The first-order valence-corrected chi connectivity index (χ1v) is 6.51. The minimum atomic E-state index is 0.175. The summed E-state index contributed by atoms with van der Waals surface area (Å²) in [6.45, 7) is 7.55. The maximum Gasteiger partial charge on any atom is 0.236 e. The van der Waals surface area contributed by atoms with E-state index in [4.69, 9.17) is 4.74 Å². The lowest BCUT2D eigenvalue weighted by atomic mass is 10.1. The van der Waals surface area contributed by atoms with Crippen molar-refractivity contribution in [3.8, 4) is 5.88 Å². The van der Waals surface area contributed by atoms with E-state index in [1.54, 1.807) is 19.5 Å². The summed E-state index contributed by atoms with van der Waals surface area (Å²) in [5.41, 5.74) is 0.884. The summed E-state index contributed by atoms with van der Waals surface area (Å²) < 4.78 is 5.26. The second-order valence-electron chi connectivity index (χ2n) is 4.11. The lowest BCUT2D eigenvalue weighted by Gasteiger charge is -2.22. The van der Waals surface area contributed by atoms with E-state index >= 15 is 0 Å². The first kappa shape index (κ1) is 14.9. The van der Waals surface area contributed by atoms with Crippen LogP contribution in [0, 0.1) is 0 Å². The maximum absolute atomic E-state index is 5.26. The molecular weight excluding hydrogens is 228 g/mol. The van der Waals surface area contributed by atoms with Gasteiger partial charge in [-0.25, -0.2) is 4.98 Å². The Bertz CT molecular complexity index is 342. The summed E-state index contributed by atoms with van der Waals surface area (Å²) in [6, 6.07) is 0.175. The maximum atomic E-state index is 5.26. The predicted octanol–water partition coefficient (Wildman–Crippen LogP) is 1.48. The van der Waals surface area contributed by atoms with Crippen LogP contribution in [0.15, 0.2) is 12.4 Å². The van der Waals surface area contributed by atoms with Crippen molar-refractivity contribution in [3.63, 3.8) is 0 Å². The molecule has 0 aliphatic carbocycles. The van der Waals surface area contributed by atoms with E-state index in [1.165, 1.54) is 0 Å². The second-order valence-corrected chi connectivity index (χ2v) is 4.11. The van der Waals surface area contributed by atoms with Crippen molar-refractivity contribution in [3.05, 3.63) is 18.1 Å². The first-order chi connectivity index (χ1) is 8.76. The van der Waals surface area contributed by atoms with E-state index in [9.17, 15) is 0 Å². The highest BCUT2D eigenvalue weighted by molar-refractivity contribution is 5.21. The number of nitrogens with zero attached hydrogens (tertiary/aromatic N) is 3. The SMILES string of the molecule is CCN(CC)CCC(NC)c1nccnc1OC. The number of hydrogen-bond donors (Lipinski definition) is 1. The summed E-state index contributed by atoms with van der Waals surface area (Å²) >= 11 is 0. The van der Waals surface area contributed by atoms with Crippen molar-refractivity contribution in [2.45, 2.75) is 26.3 Å². The van der Waals surface area contributed by atoms with Crippen LogP contribution in [0.2, 0.25) is 0 Å². The van der Waals surface area contributed by atoms with Gasteiger partial charge in [-0.05, 0) is 33.1 Å². The van der Waals surface area contributed by atoms with Gasteiger partial charge < -0.3 is 15.0 Å². The number of hydrogen-bond acceptors (Lipinski definition) is 5. The van der Waals surface area contributed by atoms with Gasteiger partial charge in [0.1, 0.15) is 5.69 Å². The van der Waals surface area contributed by atoms with Gasteiger partial charge in [0.05, 0.1) is 13.2 Å². The molecule has 5 nitrogen and oxygen atoms in total. The predicted molar refractivity (Wildman–Crippen MR) is 72.8 cm³/mol. The quantitative estimate of drug-likeness (QED) is 0.759. The molecule has 0 saturated heterocycles. The Morgan fingerprint density at radius 2 is 1.94 bits per heavy atom. The third-order valence-electron chi connectivity index (χ3n) is 3.19. The van der Waals surface area contributed by atoms with Gasteiger partial charge in [0.2, 0.25) is 5.88 Å². The molecule has 102 valence electrons. The fraction of sp³-hybridized carbons (Fsp3) is 0.692. The molecule has 1 rings (SSSR count). The molecule has 1 N–H and O–H groups in total. The zero-order valence-electron chi connectivity index (χ0n) is 11.8. The van der Waals surface area contributed by atoms with Crippen molar-refractivity contribution in [2.75, 3.05) is 33.8 Å². The molecule has 0 bridgehead atoms. The summed E-state index contributed by atoms with van der Waals surface area (Å²) in [5.74, 6) is 0.608. The average Bonchev–Trinajstić information content (AvgIpc) is 2.44. The Kier molecular flexibility index (Phi) is 6.60. The van der Waals surface area contributed by atoms with E-state index in [0.717, 1.165) is 31.7 Å². The Morgan fingerprint density at radius 3 is 2.50 bits per heavy atom. The number of ether oxygens (including phenoxy) is 1. The molecule has 1 unspecified atom stereocenters. The first-order valence-electron chi connectivity index (χ1n) is 6.51. The van der Waals surface area contributed by atoms with Crippen LogP contribution in [-0.4, -0.2) is 48.7 Å².